The van der Waals surface area contributed by atoms with Gasteiger partial charge in [0.15, 0.2) is 0 Å². The summed E-state index contributed by atoms with van der Waals surface area (Å²) in [5, 5.41) is 3.46. The molecule has 1 aromatic rings. The summed E-state index contributed by atoms with van der Waals surface area (Å²) >= 11 is 0. The van der Waals surface area contributed by atoms with Gasteiger partial charge in [-0.25, -0.2) is 0 Å². The molecule has 4 heteroatoms. The first-order chi connectivity index (χ1) is 8.74. The van der Waals surface area contributed by atoms with Crippen LogP contribution in [0.4, 0.5) is 5.69 Å². The van der Waals surface area contributed by atoms with Crippen molar-refractivity contribution in [3.8, 4) is 0 Å². The molecule has 98 valence electrons. The van der Waals surface area contributed by atoms with Gasteiger partial charge < -0.3 is 16.0 Å². The lowest BCUT2D eigenvalue weighted by Gasteiger charge is -2.32. The van der Waals surface area contributed by atoms with E-state index < -0.39 is 0 Å². The molecule has 0 bridgehead atoms. The summed E-state index contributed by atoms with van der Waals surface area (Å²) in [5.74, 6) is 0.171. The predicted molar refractivity (Wildman–Crippen MR) is 73.5 cm³/mol. The fourth-order valence-electron chi connectivity index (χ4n) is 2.37. The molecule has 1 aliphatic rings. The summed E-state index contributed by atoms with van der Waals surface area (Å²) in [4.78, 5) is 13.7. The number of fused-ring (bicyclic) bond motifs is 1. The van der Waals surface area contributed by atoms with Gasteiger partial charge in [-0.15, -0.1) is 0 Å². The van der Waals surface area contributed by atoms with E-state index in [9.17, 15) is 4.79 Å². The molecule has 1 heterocycles. The van der Waals surface area contributed by atoms with Gasteiger partial charge in [-0.2, -0.15) is 0 Å². The number of para-hydroxylation sites is 1. The molecule has 0 saturated carbocycles. The van der Waals surface area contributed by atoms with E-state index in [2.05, 4.69) is 11.4 Å². The van der Waals surface area contributed by atoms with Crippen LogP contribution in [0.1, 0.15) is 30.9 Å². The van der Waals surface area contributed by atoms with Crippen molar-refractivity contribution in [3.05, 3.63) is 29.8 Å². The Balaban J connectivity index is 2.07. The van der Waals surface area contributed by atoms with E-state index in [0.29, 0.717) is 6.42 Å². The van der Waals surface area contributed by atoms with Crippen LogP contribution in [0.2, 0.25) is 0 Å². The van der Waals surface area contributed by atoms with Gasteiger partial charge in [-0.05, 0) is 37.6 Å². The second-order valence-electron chi connectivity index (χ2n) is 4.72. The molecule has 0 aromatic heterocycles. The smallest absolute Gasteiger partial charge is 0.228 e. The molecular weight excluding hydrogens is 226 g/mol. The van der Waals surface area contributed by atoms with E-state index in [-0.39, 0.29) is 11.9 Å². The van der Waals surface area contributed by atoms with E-state index in [1.54, 1.807) is 4.90 Å². The zero-order valence-electron chi connectivity index (χ0n) is 10.9. The number of rotatable bonds is 5. The zero-order valence-corrected chi connectivity index (χ0v) is 10.9. The number of nitrogens with one attached hydrogen (secondary N) is 1. The van der Waals surface area contributed by atoms with E-state index in [0.717, 1.165) is 31.6 Å². The van der Waals surface area contributed by atoms with Crippen molar-refractivity contribution >= 4 is 11.6 Å². The Morgan fingerprint density at radius 3 is 2.94 bits per heavy atom. The molecule has 1 aromatic carbocycles. The fraction of sp³-hybridized carbons (Fsp3) is 0.500. The van der Waals surface area contributed by atoms with E-state index in [1.165, 1.54) is 5.56 Å². The Kier molecular flexibility index (Phi) is 4.33. The summed E-state index contributed by atoms with van der Waals surface area (Å²) < 4.78 is 0. The van der Waals surface area contributed by atoms with Crippen LogP contribution < -0.4 is 16.0 Å². The highest BCUT2D eigenvalue weighted by Gasteiger charge is 2.28. The van der Waals surface area contributed by atoms with Crippen molar-refractivity contribution in [1.29, 1.82) is 0 Å². The number of unbranched alkanes of at least 4 members (excludes halogenated alkanes) is 1. The van der Waals surface area contributed by atoms with Crippen molar-refractivity contribution in [2.75, 3.05) is 25.0 Å². The number of benzene rings is 1. The van der Waals surface area contributed by atoms with Gasteiger partial charge in [-0.1, -0.05) is 18.2 Å². The number of carbonyl (C=O) groups is 1. The fourth-order valence-corrected chi connectivity index (χ4v) is 2.37. The third-order valence-electron chi connectivity index (χ3n) is 3.45. The van der Waals surface area contributed by atoms with Crippen molar-refractivity contribution in [2.24, 2.45) is 5.73 Å². The van der Waals surface area contributed by atoms with E-state index in [4.69, 9.17) is 5.73 Å². The summed E-state index contributed by atoms with van der Waals surface area (Å²) in [6.45, 7) is 1.64. The molecule has 1 atom stereocenters. The normalized spacial score (nSPS) is 18.9. The van der Waals surface area contributed by atoms with Crippen LogP contribution in [0.3, 0.4) is 0 Å². The number of hydrogen-bond donors (Lipinski definition) is 2. The Morgan fingerprint density at radius 1 is 1.39 bits per heavy atom. The zero-order chi connectivity index (χ0) is 13.0. The van der Waals surface area contributed by atoms with Gasteiger partial charge in [0.05, 0.1) is 0 Å². The maximum atomic E-state index is 11.9. The van der Waals surface area contributed by atoms with E-state index in [1.807, 2.05) is 25.2 Å². The first-order valence-corrected chi connectivity index (χ1v) is 6.53. The SMILES string of the molecule is CN1C(=O)CC(NCCCCN)c2ccccc21. The minimum atomic E-state index is 0.141. The lowest BCUT2D eigenvalue weighted by Crippen LogP contribution is -2.38. The number of carbonyl (C=O) groups excluding carboxylic acids is 1. The molecule has 1 aliphatic heterocycles. The number of hydrogen-bond acceptors (Lipinski definition) is 3. The highest BCUT2D eigenvalue weighted by molar-refractivity contribution is 5.96. The van der Waals surface area contributed by atoms with Crippen LogP contribution in [0, 0.1) is 0 Å². The number of amides is 1. The summed E-state index contributed by atoms with van der Waals surface area (Å²) in [6, 6.07) is 8.23. The Morgan fingerprint density at radius 2 is 2.17 bits per heavy atom. The summed E-state index contributed by atoms with van der Waals surface area (Å²) in [6.07, 6.45) is 2.62. The molecule has 4 nitrogen and oxygen atoms in total. The average molecular weight is 247 g/mol. The molecule has 0 aliphatic carbocycles. The van der Waals surface area contributed by atoms with Gasteiger partial charge >= 0.3 is 0 Å². The lowest BCUT2D eigenvalue weighted by molar-refractivity contribution is -0.119. The van der Waals surface area contributed by atoms with Crippen LogP contribution in [0.5, 0.6) is 0 Å². The Labute approximate surface area is 108 Å². The Hall–Kier alpha value is -1.39. The van der Waals surface area contributed by atoms with Crippen LogP contribution in [0.15, 0.2) is 24.3 Å². The van der Waals surface area contributed by atoms with Crippen LogP contribution in [-0.4, -0.2) is 26.0 Å². The van der Waals surface area contributed by atoms with Gasteiger partial charge in [0.25, 0.3) is 0 Å². The molecule has 18 heavy (non-hydrogen) atoms. The first-order valence-electron chi connectivity index (χ1n) is 6.53. The lowest BCUT2D eigenvalue weighted by atomic mass is 9.96. The maximum Gasteiger partial charge on any atom is 0.228 e. The van der Waals surface area contributed by atoms with Crippen LogP contribution in [-0.2, 0) is 4.79 Å². The average Bonchev–Trinajstić information content (AvgIpc) is 2.40. The number of nitrogens with zero attached hydrogens (tertiary/aromatic N) is 1. The number of anilines is 1. The monoisotopic (exact) mass is 247 g/mol. The molecule has 1 amide bonds. The van der Waals surface area contributed by atoms with Crippen LogP contribution >= 0.6 is 0 Å². The van der Waals surface area contributed by atoms with Gasteiger partial charge in [0.2, 0.25) is 5.91 Å². The largest absolute Gasteiger partial charge is 0.330 e. The Bertz CT molecular complexity index is 419. The molecule has 1 unspecified atom stereocenters. The second kappa shape index (κ2) is 5.98. The summed E-state index contributed by atoms with van der Waals surface area (Å²) in [7, 11) is 1.84. The minimum absolute atomic E-state index is 0.141. The molecular formula is C14H21N3O. The van der Waals surface area contributed by atoms with Crippen LogP contribution in [0.25, 0.3) is 0 Å². The molecule has 0 spiro atoms. The van der Waals surface area contributed by atoms with Gasteiger partial charge in [0.1, 0.15) is 0 Å². The second-order valence-corrected chi connectivity index (χ2v) is 4.72. The molecule has 0 saturated heterocycles. The van der Waals surface area contributed by atoms with Crippen molar-refractivity contribution < 1.29 is 4.79 Å². The molecule has 0 radical (unpaired) electrons. The quantitative estimate of drug-likeness (QED) is 0.774. The minimum Gasteiger partial charge on any atom is -0.330 e. The number of nitrogens with two attached hydrogens (primary N) is 1. The van der Waals surface area contributed by atoms with Crippen molar-refractivity contribution in [3.63, 3.8) is 0 Å². The van der Waals surface area contributed by atoms with Gasteiger partial charge in [-0.3, -0.25) is 4.79 Å². The predicted octanol–water partition coefficient (Wildman–Crippen LogP) is 1.42. The molecule has 0 fully saturated rings. The highest BCUT2D eigenvalue weighted by atomic mass is 16.2. The van der Waals surface area contributed by atoms with Crippen molar-refractivity contribution in [2.45, 2.75) is 25.3 Å². The summed E-state index contributed by atoms with van der Waals surface area (Å²) in [5.41, 5.74) is 7.71. The van der Waals surface area contributed by atoms with Crippen molar-refractivity contribution in [1.82, 2.24) is 5.32 Å². The third-order valence-corrected chi connectivity index (χ3v) is 3.45. The maximum absolute atomic E-state index is 11.9. The standard InChI is InChI=1S/C14H21N3O/c1-17-13-7-3-2-6-11(13)12(10-14(17)18)16-9-5-4-8-15/h2-3,6-7,12,16H,4-5,8-10,15H2,1H3. The topological polar surface area (TPSA) is 58.4 Å². The highest BCUT2D eigenvalue weighted by Crippen LogP contribution is 2.33. The first kappa shape index (κ1) is 13.1. The van der Waals surface area contributed by atoms with Gasteiger partial charge in [0, 0.05) is 25.2 Å². The molecule has 2 rings (SSSR count). The third kappa shape index (κ3) is 2.71. The van der Waals surface area contributed by atoms with E-state index >= 15 is 0 Å². The molecule has 3 N–H and O–H groups in total.